The van der Waals surface area contributed by atoms with Crippen molar-refractivity contribution in [3.05, 3.63) is 53.6 Å². The Morgan fingerprint density at radius 2 is 1.81 bits per heavy atom. The standard InChI is InChI=1S/C21H26N2O4/c1-23(2)18(16-5-7-17(25-3)8-6-16)14-22-21(24)13-15-4-9-19-20(12-15)27-11-10-26-19/h4-9,12,18H,10-11,13-14H2,1-3H3,(H,22,24)/p+1/t18-/m1/s1. The van der Waals surface area contributed by atoms with Gasteiger partial charge in [0, 0.05) is 5.56 Å². The van der Waals surface area contributed by atoms with Crippen LogP contribution in [0.5, 0.6) is 17.2 Å². The highest BCUT2D eigenvalue weighted by Gasteiger charge is 2.19. The van der Waals surface area contributed by atoms with Gasteiger partial charge in [0.2, 0.25) is 5.91 Å². The van der Waals surface area contributed by atoms with Crippen LogP contribution >= 0.6 is 0 Å². The van der Waals surface area contributed by atoms with Crippen molar-refractivity contribution in [2.45, 2.75) is 12.5 Å². The first-order chi connectivity index (χ1) is 13.1. The fraction of sp³-hybridized carbons (Fsp3) is 0.381. The summed E-state index contributed by atoms with van der Waals surface area (Å²) < 4.78 is 16.3. The Kier molecular flexibility index (Phi) is 6.19. The molecule has 0 bridgehead atoms. The van der Waals surface area contributed by atoms with Gasteiger partial charge in [-0.15, -0.1) is 0 Å². The maximum atomic E-state index is 12.4. The zero-order chi connectivity index (χ0) is 19.2. The molecule has 0 spiro atoms. The van der Waals surface area contributed by atoms with Gasteiger partial charge in [-0.2, -0.15) is 0 Å². The van der Waals surface area contributed by atoms with E-state index in [4.69, 9.17) is 14.2 Å². The topological polar surface area (TPSA) is 61.2 Å². The summed E-state index contributed by atoms with van der Waals surface area (Å²) in [7, 11) is 5.82. The molecule has 1 atom stereocenters. The van der Waals surface area contributed by atoms with Gasteiger partial charge in [-0.3, -0.25) is 4.79 Å². The van der Waals surface area contributed by atoms with Crippen molar-refractivity contribution in [3.63, 3.8) is 0 Å². The molecule has 144 valence electrons. The Labute approximate surface area is 160 Å². The van der Waals surface area contributed by atoms with Crippen LogP contribution in [-0.2, 0) is 11.2 Å². The highest BCUT2D eigenvalue weighted by molar-refractivity contribution is 5.78. The van der Waals surface area contributed by atoms with Crippen molar-refractivity contribution < 1.29 is 23.9 Å². The monoisotopic (exact) mass is 371 g/mol. The highest BCUT2D eigenvalue weighted by atomic mass is 16.6. The van der Waals surface area contributed by atoms with E-state index in [1.807, 2.05) is 42.5 Å². The Morgan fingerprint density at radius 1 is 1.11 bits per heavy atom. The number of fused-ring (bicyclic) bond motifs is 1. The van der Waals surface area contributed by atoms with Gasteiger partial charge in [-0.05, 0) is 42.0 Å². The number of carbonyl (C=O) groups is 1. The summed E-state index contributed by atoms with van der Waals surface area (Å²) in [4.78, 5) is 13.7. The molecule has 0 aromatic heterocycles. The first kappa shape index (κ1) is 19.0. The SMILES string of the molecule is COc1ccc([C@@H](CNC(=O)Cc2ccc3c(c2)OCCO3)[NH+](C)C)cc1. The Balaban J connectivity index is 1.59. The molecule has 2 aromatic carbocycles. The van der Waals surface area contributed by atoms with Crippen molar-refractivity contribution in [3.8, 4) is 17.2 Å². The highest BCUT2D eigenvalue weighted by Crippen LogP contribution is 2.30. The summed E-state index contributed by atoms with van der Waals surface area (Å²) in [5, 5.41) is 3.06. The number of rotatable bonds is 7. The van der Waals surface area contributed by atoms with Crippen LogP contribution in [0.3, 0.4) is 0 Å². The largest absolute Gasteiger partial charge is 0.497 e. The van der Waals surface area contributed by atoms with E-state index in [1.54, 1.807) is 7.11 Å². The Bertz CT molecular complexity index is 774. The normalized spacial score (nSPS) is 13.9. The lowest BCUT2D eigenvalue weighted by atomic mass is 10.1. The Morgan fingerprint density at radius 3 is 2.48 bits per heavy atom. The lowest BCUT2D eigenvalue weighted by Crippen LogP contribution is -3.07. The van der Waals surface area contributed by atoms with E-state index >= 15 is 0 Å². The van der Waals surface area contributed by atoms with Gasteiger partial charge < -0.3 is 24.4 Å². The van der Waals surface area contributed by atoms with Crippen LogP contribution in [-0.4, -0.2) is 46.9 Å². The second-order valence-corrected chi connectivity index (χ2v) is 6.86. The van der Waals surface area contributed by atoms with Crippen LogP contribution in [0.1, 0.15) is 17.2 Å². The van der Waals surface area contributed by atoms with Crippen molar-refractivity contribution >= 4 is 5.91 Å². The molecule has 1 aliphatic rings. The first-order valence-corrected chi connectivity index (χ1v) is 9.16. The van der Waals surface area contributed by atoms with Crippen LogP contribution in [0.25, 0.3) is 0 Å². The smallest absolute Gasteiger partial charge is 0.224 e. The van der Waals surface area contributed by atoms with E-state index in [9.17, 15) is 4.79 Å². The van der Waals surface area contributed by atoms with Crippen LogP contribution in [0.15, 0.2) is 42.5 Å². The molecule has 0 saturated heterocycles. The first-order valence-electron chi connectivity index (χ1n) is 9.16. The van der Waals surface area contributed by atoms with Gasteiger partial charge in [-0.25, -0.2) is 0 Å². The molecular formula is C21H27N2O4+. The van der Waals surface area contributed by atoms with E-state index in [2.05, 4.69) is 19.4 Å². The molecule has 0 saturated carbocycles. The van der Waals surface area contributed by atoms with Crippen molar-refractivity contribution in [2.75, 3.05) is 41.0 Å². The number of carbonyl (C=O) groups excluding carboxylic acids is 1. The number of likely N-dealkylation sites (N-methyl/N-ethyl adjacent to an activating group) is 1. The third-order valence-electron chi connectivity index (χ3n) is 4.69. The number of hydrogen-bond donors (Lipinski definition) is 2. The minimum atomic E-state index is -0.00793. The molecule has 27 heavy (non-hydrogen) atoms. The minimum absolute atomic E-state index is 0.00793. The van der Waals surface area contributed by atoms with Crippen LogP contribution in [0, 0.1) is 0 Å². The molecule has 0 aliphatic carbocycles. The van der Waals surface area contributed by atoms with Gasteiger partial charge in [0.25, 0.3) is 0 Å². The molecule has 6 heteroatoms. The fourth-order valence-electron chi connectivity index (χ4n) is 3.15. The lowest BCUT2D eigenvalue weighted by molar-refractivity contribution is -0.890. The summed E-state index contributed by atoms with van der Waals surface area (Å²) in [6.07, 6.45) is 0.314. The third-order valence-corrected chi connectivity index (χ3v) is 4.69. The third kappa shape index (κ3) is 4.92. The average Bonchev–Trinajstić information content (AvgIpc) is 2.68. The van der Waals surface area contributed by atoms with Gasteiger partial charge >= 0.3 is 0 Å². The van der Waals surface area contributed by atoms with Crippen molar-refractivity contribution in [1.29, 1.82) is 0 Å². The number of amides is 1. The van der Waals surface area contributed by atoms with E-state index in [1.165, 1.54) is 4.90 Å². The second kappa shape index (κ2) is 8.77. The molecule has 0 fully saturated rings. The number of methoxy groups -OCH3 is 1. The second-order valence-electron chi connectivity index (χ2n) is 6.86. The van der Waals surface area contributed by atoms with Gasteiger partial charge in [-0.1, -0.05) is 6.07 Å². The molecule has 2 N–H and O–H groups in total. The van der Waals surface area contributed by atoms with Crippen molar-refractivity contribution in [1.82, 2.24) is 5.32 Å². The number of benzene rings is 2. The van der Waals surface area contributed by atoms with E-state index in [-0.39, 0.29) is 11.9 Å². The Hall–Kier alpha value is -2.73. The van der Waals surface area contributed by atoms with Crippen molar-refractivity contribution in [2.24, 2.45) is 0 Å². The zero-order valence-corrected chi connectivity index (χ0v) is 16.1. The summed E-state index contributed by atoms with van der Waals surface area (Å²) >= 11 is 0. The predicted molar refractivity (Wildman–Crippen MR) is 103 cm³/mol. The molecular weight excluding hydrogens is 344 g/mol. The molecule has 1 amide bonds. The zero-order valence-electron chi connectivity index (χ0n) is 16.1. The number of quaternary nitrogens is 1. The summed E-state index contributed by atoms with van der Waals surface area (Å²) in [5.41, 5.74) is 2.07. The van der Waals surface area contributed by atoms with E-state index in [0.717, 1.165) is 22.6 Å². The lowest BCUT2D eigenvalue weighted by Gasteiger charge is -2.22. The van der Waals surface area contributed by atoms with Gasteiger partial charge in [0.15, 0.2) is 11.5 Å². The van der Waals surface area contributed by atoms with Crippen LogP contribution in [0.4, 0.5) is 0 Å². The van der Waals surface area contributed by atoms with Gasteiger partial charge in [0.05, 0.1) is 34.2 Å². The molecule has 6 nitrogen and oxygen atoms in total. The summed E-state index contributed by atoms with van der Waals surface area (Å²) in [5.74, 6) is 2.27. The molecule has 1 aliphatic heterocycles. The van der Waals surface area contributed by atoms with Crippen LogP contribution < -0.4 is 24.4 Å². The number of ether oxygens (including phenoxy) is 3. The number of hydrogen-bond acceptors (Lipinski definition) is 4. The molecule has 3 rings (SSSR count). The molecule has 1 heterocycles. The van der Waals surface area contributed by atoms with Crippen LogP contribution in [0.2, 0.25) is 0 Å². The minimum Gasteiger partial charge on any atom is -0.497 e. The van der Waals surface area contributed by atoms with E-state index in [0.29, 0.717) is 31.9 Å². The quantitative estimate of drug-likeness (QED) is 0.763. The fourth-order valence-corrected chi connectivity index (χ4v) is 3.15. The maximum absolute atomic E-state index is 12.4. The molecule has 0 unspecified atom stereocenters. The predicted octanol–water partition coefficient (Wildman–Crippen LogP) is 1.01. The maximum Gasteiger partial charge on any atom is 0.224 e. The molecule has 2 aromatic rings. The average molecular weight is 371 g/mol. The number of nitrogens with one attached hydrogen (secondary N) is 2. The molecule has 0 radical (unpaired) electrons. The summed E-state index contributed by atoms with van der Waals surface area (Å²) in [6, 6.07) is 13.8. The van der Waals surface area contributed by atoms with E-state index < -0.39 is 0 Å². The summed E-state index contributed by atoms with van der Waals surface area (Å²) in [6.45, 7) is 1.67. The van der Waals surface area contributed by atoms with Gasteiger partial charge in [0.1, 0.15) is 25.0 Å².